The molecule has 2 nitrogen and oxygen atoms in total. The molecule has 2 heteroatoms. The van der Waals surface area contributed by atoms with Gasteiger partial charge in [-0.3, -0.25) is 9.59 Å². The monoisotopic (exact) mass is 530 g/mol. The van der Waals surface area contributed by atoms with Crippen LogP contribution >= 0.6 is 0 Å². The number of benzene rings is 3. The highest BCUT2D eigenvalue weighted by molar-refractivity contribution is 6.02. The summed E-state index contributed by atoms with van der Waals surface area (Å²) in [7, 11) is 0. The summed E-state index contributed by atoms with van der Waals surface area (Å²) in [5.41, 5.74) is 10.5. The third-order valence-electron chi connectivity index (χ3n) is 9.36. The molecule has 0 bridgehead atoms. The van der Waals surface area contributed by atoms with E-state index in [1.54, 1.807) is 0 Å². The van der Waals surface area contributed by atoms with Crippen LogP contribution in [0.1, 0.15) is 113 Å². The molecular formula is C38H42O2. The first-order valence-corrected chi connectivity index (χ1v) is 15.0. The van der Waals surface area contributed by atoms with Crippen molar-refractivity contribution in [1.82, 2.24) is 0 Å². The number of carbonyl (C=O) groups excluding carboxylic acids is 2. The normalized spacial score (nSPS) is 19.4. The molecule has 0 spiro atoms. The summed E-state index contributed by atoms with van der Waals surface area (Å²) >= 11 is 0. The van der Waals surface area contributed by atoms with Gasteiger partial charge in [-0.15, -0.1) is 0 Å². The second kappa shape index (κ2) is 12.3. The zero-order valence-electron chi connectivity index (χ0n) is 24.5. The minimum absolute atomic E-state index is 0.149. The maximum atomic E-state index is 13.5. The third kappa shape index (κ3) is 6.12. The van der Waals surface area contributed by atoms with Gasteiger partial charge in [0.2, 0.25) is 0 Å². The van der Waals surface area contributed by atoms with Crippen LogP contribution in [-0.2, 0) is 11.2 Å². The van der Waals surface area contributed by atoms with Gasteiger partial charge < -0.3 is 0 Å². The van der Waals surface area contributed by atoms with Crippen molar-refractivity contribution in [3.05, 3.63) is 129 Å². The Morgan fingerprint density at radius 2 is 1.52 bits per heavy atom. The van der Waals surface area contributed by atoms with Gasteiger partial charge in [0, 0.05) is 17.9 Å². The molecule has 1 unspecified atom stereocenters. The van der Waals surface area contributed by atoms with E-state index in [2.05, 4.69) is 75.4 Å². The average Bonchev–Trinajstić information content (AvgIpc) is 3.52. The Bertz CT molecular complexity index is 1460. The van der Waals surface area contributed by atoms with E-state index in [1.807, 2.05) is 31.2 Å². The van der Waals surface area contributed by atoms with Gasteiger partial charge >= 0.3 is 0 Å². The van der Waals surface area contributed by atoms with Crippen molar-refractivity contribution in [2.75, 3.05) is 0 Å². The van der Waals surface area contributed by atoms with Crippen molar-refractivity contribution in [3.63, 3.8) is 0 Å². The van der Waals surface area contributed by atoms with Gasteiger partial charge in [-0.2, -0.15) is 0 Å². The maximum absolute atomic E-state index is 13.5. The zero-order valence-corrected chi connectivity index (χ0v) is 24.5. The minimum Gasteiger partial charge on any atom is -0.294 e. The van der Waals surface area contributed by atoms with Gasteiger partial charge in [-0.05, 0) is 122 Å². The molecule has 0 heterocycles. The molecular weight excluding hydrogens is 488 g/mol. The second-order valence-corrected chi connectivity index (χ2v) is 12.0. The summed E-state index contributed by atoms with van der Waals surface area (Å²) in [5.74, 6) is 1.08. The molecule has 5 rings (SSSR count). The van der Waals surface area contributed by atoms with E-state index in [4.69, 9.17) is 0 Å². The van der Waals surface area contributed by atoms with Crippen LogP contribution in [0, 0.1) is 20.8 Å². The lowest BCUT2D eigenvalue weighted by Crippen LogP contribution is -2.18. The molecule has 3 aromatic rings. The number of hydrogen-bond acceptors (Lipinski definition) is 2. The fourth-order valence-electron chi connectivity index (χ4n) is 6.67. The Morgan fingerprint density at radius 3 is 2.20 bits per heavy atom. The van der Waals surface area contributed by atoms with Crippen LogP contribution in [0.2, 0.25) is 0 Å². The summed E-state index contributed by atoms with van der Waals surface area (Å²) < 4.78 is 0. The third-order valence-corrected chi connectivity index (χ3v) is 9.36. The molecule has 1 fully saturated rings. The molecule has 0 aromatic heterocycles. The highest BCUT2D eigenvalue weighted by atomic mass is 16.1. The van der Waals surface area contributed by atoms with E-state index < -0.39 is 0 Å². The molecule has 3 aromatic carbocycles. The van der Waals surface area contributed by atoms with Crippen LogP contribution in [0.25, 0.3) is 0 Å². The van der Waals surface area contributed by atoms with Crippen molar-refractivity contribution in [2.24, 2.45) is 0 Å². The van der Waals surface area contributed by atoms with Gasteiger partial charge in [-0.1, -0.05) is 79.7 Å². The summed E-state index contributed by atoms with van der Waals surface area (Å²) in [6.07, 6.45) is 12.4. The molecule has 0 radical (unpaired) electrons. The van der Waals surface area contributed by atoms with Gasteiger partial charge in [0.1, 0.15) is 0 Å². The second-order valence-electron chi connectivity index (χ2n) is 12.0. The highest BCUT2D eigenvalue weighted by Gasteiger charge is 2.29. The van der Waals surface area contributed by atoms with Crippen LogP contribution in [0.5, 0.6) is 0 Å². The van der Waals surface area contributed by atoms with Crippen molar-refractivity contribution in [1.29, 1.82) is 0 Å². The van der Waals surface area contributed by atoms with Crippen LogP contribution in [0.15, 0.2) is 84.5 Å². The van der Waals surface area contributed by atoms with E-state index in [1.165, 1.54) is 33.4 Å². The molecule has 0 aliphatic heterocycles. The molecule has 2 aliphatic carbocycles. The van der Waals surface area contributed by atoms with Crippen LogP contribution < -0.4 is 0 Å². The van der Waals surface area contributed by atoms with E-state index in [0.717, 1.165) is 48.8 Å². The van der Waals surface area contributed by atoms with Crippen LogP contribution in [0.4, 0.5) is 0 Å². The number of hydrogen-bond donors (Lipinski definition) is 0. The summed E-state index contributed by atoms with van der Waals surface area (Å²) in [6.45, 7) is 8.48. The van der Waals surface area contributed by atoms with Crippen molar-refractivity contribution in [3.8, 4) is 0 Å². The predicted molar refractivity (Wildman–Crippen MR) is 165 cm³/mol. The van der Waals surface area contributed by atoms with E-state index in [-0.39, 0.29) is 17.5 Å². The highest BCUT2D eigenvalue weighted by Crippen LogP contribution is 2.43. The molecule has 1 atom stereocenters. The Hall–Kier alpha value is -3.52. The molecule has 40 heavy (non-hydrogen) atoms. The number of carbonyl (C=O) groups is 2. The van der Waals surface area contributed by atoms with Gasteiger partial charge in [0.25, 0.3) is 0 Å². The standard InChI is InChI=1S/C38H42O2/c1-25-13-14-29(23-27(25)3)15-22-37(39)33-20-21-35(36(24-33)28(4)38(40)32-10-6-7-11-32)31-18-16-30(17-19-31)34-12-8-5-9-26(34)2/h5-10,12-14,20-21,23-24,28,30-31H,11,15-19,22H2,1-4H3. The summed E-state index contributed by atoms with van der Waals surface area (Å²) in [6, 6.07) is 21.5. The number of ketones is 2. The number of allylic oxidation sites excluding steroid dienone is 4. The SMILES string of the molecule is Cc1ccc(CCC(=O)c2ccc(C3CCC(c4ccccc4C)CC3)c(C(C)C(=O)C3=CC=CC3)c2)cc1C. The largest absolute Gasteiger partial charge is 0.294 e. The molecule has 0 amide bonds. The Balaban J connectivity index is 1.37. The molecule has 2 aliphatic rings. The number of Topliss-reactive ketones (excluding diaryl/α,β-unsaturated/α-hetero) is 2. The van der Waals surface area contributed by atoms with Gasteiger partial charge in [0.15, 0.2) is 11.6 Å². The lowest BCUT2D eigenvalue weighted by atomic mass is 9.73. The zero-order chi connectivity index (χ0) is 28.2. The van der Waals surface area contributed by atoms with Crippen molar-refractivity contribution >= 4 is 11.6 Å². The van der Waals surface area contributed by atoms with Gasteiger partial charge in [0.05, 0.1) is 0 Å². The first-order chi connectivity index (χ1) is 19.3. The summed E-state index contributed by atoms with van der Waals surface area (Å²) in [4.78, 5) is 26.9. The van der Waals surface area contributed by atoms with Crippen molar-refractivity contribution in [2.45, 2.75) is 90.4 Å². The van der Waals surface area contributed by atoms with E-state index in [0.29, 0.717) is 24.7 Å². The Kier molecular flexibility index (Phi) is 8.64. The minimum atomic E-state index is -0.261. The fourth-order valence-corrected chi connectivity index (χ4v) is 6.67. The molecule has 206 valence electrons. The Labute approximate surface area is 240 Å². The number of aryl methyl sites for hydroxylation is 4. The van der Waals surface area contributed by atoms with Crippen LogP contribution in [-0.4, -0.2) is 11.6 Å². The lowest BCUT2D eigenvalue weighted by Gasteiger charge is -2.32. The quantitative estimate of drug-likeness (QED) is 0.258. The smallest absolute Gasteiger partial charge is 0.166 e. The topological polar surface area (TPSA) is 34.1 Å². The molecule has 0 N–H and O–H groups in total. The van der Waals surface area contributed by atoms with Crippen molar-refractivity contribution < 1.29 is 9.59 Å². The first kappa shape index (κ1) is 28.0. The summed E-state index contributed by atoms with van der Waals surface area (Å²) in [5, 5.41) is 0. The van der Waals surface area contributed by atoms with Crippen LogP contribution in [0.3, 0.4) is 0 Å². The first-order valence-electron chi connectivity index (χ1n) is 15.0. The maximum Gasteiger partial charge on any atom is 0.166 e. The van der Waals surface area contributed by atoms with Gasteiger partial charge in [-0.25, -0.2) is 0 Å². The molecule has 0 saturated heterocycles. The predicted octanol–water partition coefficient (Wildman–Crippen LogP) is 9.43. The average molecular weight is 531 g/mol. The Morgan fingerprint density at radius 1 is 0.800 bits per heavy atom. The van der Waals surface area contributed by atoms with E-state index in [9.17, 15) is 9.59 Å². The van der Waals surface area contributed by atoms with E-state index >= 15 is 0 Å². The number of rotatable bonds is 9. The fraction of sp³-hybridized carbons (Fsp3) is 0.368. The lowest BCUT2D eigenvalue weighted by molar-refractivity contribution is -0.116. The molecule has 1 saturated carbocycles.